The fourth-order valence-corrected chi connectivity index (χ4v) is 9.77. The molecule has 3 nitrogen and oxygen atoms in total. The molecule has 3 aromatic heterocycles. The van der Waals surface area contributed by atoms with Gasteiger partial charge in [-0.3, -0.25) is 0 Å². The van der Waals surface area contributed by atoms with Crippen LogP contribution in [0, 0.1) is 0 Å². The monoisotopic (exact) mass is 671 g/mol. The third-order valence-corrected chi connectivity index (χ3v) is 12.2. The second-order valence-corrected chi connectivity index (χ2v) is 14.9. The molecule has 232 valence electrons. The van der Waals surface area contributed by atoms with E-state index in [0.717, 1.165) is 16.7 Å². The van der Waals surface area contributed by atoms with Gasteiger partial charge in [0.15, 0.2) is 17.5 Å². The summed E-state index contributed by atoms with van der Waals surface area (Å²) in [4.78, 5) is 15.6. The van der Waals surface area contributed by atoms with Crippen LogP contribution < -0.4 is 0 Å². The van der Waals surface area contributed by atoms with Crippen molar-refractivity contribution in [3.8, 4) is 34.2 Å². The van der Waals surface area contributed by atoms with Crippen molar-refractivity contribution in [3.63, 3.8) is 0 Å². The molecule has 0 amide bonds. The maximum absolute atomic E-state index is 5.20. The first-order valence-corrected chi connectivity index (χ1v) is 18.3. The SMILES string of the molecule is c1ccc2c(c1)sc1cc(-c3nc(-c4ccc5sc6ccccc6c5c4)nc(-c4ccc5c6ccccc6c6ccccc6c5c4)n3)ccc12. The van der Waals surface area contributed by atoms with Crippen molar-refractivity contribution in [2.75, 3.05) is 0 Å². The zero-order chi connectivity index (χ0) is 32.8. The first-order valence-electron chi connectivity index (χ1n) is 16.7. The molecule has 0 N–H and O–H groups in total. The average molecular weight is 672 g/mol. The van der Waals surface area contributed by atoms with E-state index in [1.807, 2.05) is 22.7 Å². The molecule has 0 spiro atoms. The van der Waals surface area contributed by atoms with E-state index in [-0.39, 0.29) is 0 Å². The van der Waals surface area contributed by atoms with Gasteiger partial charge in [0.25, 0.3) is 0 Å². The Morgan fingerprint density at radius 2 is 0.620 bits per heavy atom. The Hall–Kier alpha value is -6.01. The van der Waals surface area contributed by atoms with Crippen molar-refractivity contribution in [2.45, 2.75) is 0 Å². The van der Waals surface area contributed by atoms with E-state index >= 15 is 0 Å². The third kappa shape index (κ3) is 4.24. The van der Waals surface area contributed by atoms with Crippen molar-refractivity contribution in [1.82, 2.24) is 15.0 Å². The largest absolute Gasteiger partial charge is 0.208 e. The number of aromatic nitrogens is 3. The first kappa shape index (κ1) is 27.9. The summed E-state index contributed by atoms with van der Waals surface area (Å²) in [6.45, 7) is 0. The van der Waals surface area contributed by atoms with Crippen molar-refractivity contribution in [1.29, 1.82) is 0 Å². The van der Waals surface area contributed by atoms with Crippen molar-refractivity contribution < 1.29 is 0 Å². The zero-order valence-electron chi connectivity index (χ0n) is 26.6. The molecule has 0 radical (unpaired) electrons. The number of thiophene rings is 2. The molecule has 11 aromatic rings. The van der Waals surface area contributed by atoms with Gasteiger partial charge in [0.05, 0.1) is 0 Å². The summed E-state index contributed by atoms with van der Waals surface area (Å²) in [6.07, 6.45) is 0. The highest BCUT2D eigenvalue weighted by Gasteiger charge is 2.17. The molecule has 50 heavy (non-hydrogen) atoms. The molecule has 0 bridgehead atoms. The summed E-state index contributed by atoms with van der Waals surface area (Å²) in [5, 5.41) is 12.4. The molecule has 11 rings (SSSR count). The Balaban J connectivity index is 1.16. The maximum atomic E-state index is 5.20. The van der Waals surface area contributed by atoms with Gasteiger partial charge in [-0.25, -0.2) is 15.0 Å². The van der Waals surface area contributed by atoms with Gasteiger partial charge >= 0.3 is 0 Å². The van der Waals surface area contributed by atoms with Gasteiger partial charge in [-0.15, -0.1) is 22.7 Å². The molecule has 0 fully saturated rings. The lowest BCUT2D eigenvalue weighted by molar-refractivity contribution is 1.08. The molecule has 0 aliphatic carbocycles. The Bertz CT molecular complexity index is 3140. The van der Waals surface area contributed by atoms with Gasteiger partial charge in [0.1, 0.15) is 0 Å². The molecule has 0 aliphatic rings. The normalized spacial score (nSPS) is 12.0. The third-order valence-electron chi connectivity index (χ3n) is 9.91. The van der Waals surface area contributed by atoms with Gasteiger partial charge in [0, 0.05) is 57.0 Å². The number of hydrogen-bond donors (Lipinski definition) is 0. The van der Waals surface area contributed by atoms with Crippen LogP contribution in [-0.2, 0) is 0 Å². The van der Waals surface area contributed by atoms with Crippen molar-refractivity contribution in [3.05, 3.63) is 152 Å². The predicted molar refractivity (Wildman–Crippen MR) is 214 cm³/mol. The predicted octanol–water partition coefficient (Wildman–Crippen LogP) is 13.1. The Labute approximate surface area is 294 Å². The number of benzene rings is 8. The van der Waals surface area contributed by atoms with Crippen LogP contribution >= 0.6 is 22.7 Å². The average Bonchev–Trinajstić information content (AvgIpc) is 3.75. The molecule has 5 heteroatoms. The van der Waals surface area contributed by atoms with Crippen LogP contribution in [0.2, 0.25) is 0 Å². The molecule has 0 unspecified atom stereocenters. The topological polar surface area (TPSA) is 38.7 Å². The van der Waals surface area contributed by atoms with E-state index in [1.165, 1.54) is 72.7 Å². The Kier molecular flexibility index (Phi) is 5.99. The van der Waals surface area contributed by atoms with Crippen LogP contribution in [0.15, 0.2) is 152 Å². The highest BCUT2D eigenvalue weighted by Crippen LogP contribution is 2.40. The number of fused-ring (bicyclic) bond motifs is 12. The molecule has 0 saturated carbocycles. The fraction of sp³-hybridized carbons (Fsp3) is 0. The zero-order valence-corrected chi connectivity index (χ0v) is 28.2. The highest BCUT2D eigenvalue weighted by atomic mass is 32.1. The molecule has 8 aromatic carbocycles. The standard InChI is InChI=1S/C45H25N3S2/c1-2-11-31-29(9-1)30-10-3-4-12-32(30)37-23-26(17-20-33(31)37)43-46-44(27-19-22-41-38(24-27)35-14-6-8-16-40(35)49-41)48-45(47-43)28-18-21-36-34-13-5-7-15-39(34)50-42(36)25-28/h1-25H. The number of rotatable bonds is 3. The summed E-state index contributed by atoms with van der Waals surface area (Å²) in [6, 6.07) is 54.4. The summed E-state index contributed by atoms with van der Waals surface area (Å²) < 4.78 is 5.05. The van der Waals surface area contributed by atoms with Gasteiger partial charge in [-0.1, -0.05) is 109 Å². The molecule has 0 saturated heterocycles. The van der Waals surface area contributed by atoms with E-state index in [0.29, 0.717) is 17.5 Å². The van der Waals surface area contributed by atoms with E-state index < -0.39 is 0 Å². The Morgan fingerprint density at radius 3 is 1.22 bits per heavy atom. The van der Waals surface area contributed by atoms with E-state index in [9.17, 15) is 0 Å². The minimum atomic E-state index is 0.663. The van der Waals surface area contributed by atoms with Crippen molar-refractivity contribution >= 4 is 95.3 Å². The number of nitrogens with zero attached hydrogens (tertiary/aromatic N) is 3. The Morgan fingerprint density at radius 1 is 0.260 bits per heavy atom. The number of hydrogen-bond acceptors (Lipinski definition) is 5. The van der Waals surface area contributed by atoms with Gasteiger partial charge in [-0.05, 0) is 74.8 Å². The van der Waals surface area contributed by atoms with E-state index in [1.54, 1.807) is 0 Å². The highest BCUT2D eigenvalue weighted by molar-refractivity contribution is 7.26. The van der Waals surface area contributed by atoms with Crippen LogP contribution in [-0.4, -0.2) is 15.0 Å². The fourth-order valence-electron chi connectivity index (χ4n) is 7.54. The maximum Gasteiger partial charge on any atom is 0.164 e. The lowest BCUT2D eigenvalue weighted by Crippen LogP contribution is -2.00. The molecule has 0 aliphatic heterocycles. The smallest absolute Gasteiger partial charge is 0.164 e. The second-order valence-electron chi connectivity index (χ2n) is 12.8. The summed E-state index contributed by atoms with van der Waals surface area (Å²) in [5.41, 5.74) is 2.92. The van der Waals surface area contributed by atoms with Gasteiger partial charge in [-0.2, -0.15) is 0 Å². The van der Waals surface area contributed by atoms with Crippen LogP contribution in [0.3, 0.4) is 0 Å². The first-order chi connectivity index (χ1) is 24.7. The lowest BCUT2D eigenvalue weighted by Gasteiger charge is -2.12. The van der Waals surface area contributed by atoms with Gasteiger partial charge in [0.2, 0.25) is 0 Å². The van der Waals surface area contributed by atoms with Crippen LogP contribution in [0.1, 0.15) is 0 Å². The summed E-state index contributed by atoms with van der Waals surface area (Å²) >= 11 is 3.63. The molecular formula is C45H25N3S2. The van der Waals surface area contributed by atoms with Crippen LogP contribution in [0.4, 0.5) is 0 Å². The quantitative estimate of drug-likeness (QED) is 0.176. The second kappa shape index (κ2) is 10.7. The van der Waals surface area contributed by atoms with Gasteiger partial charge < -0.3 is 0 Å². The minimum absolute atomic E-state index is 0.663. The summed E-state index contributed by atoms with van der Waals surface area (Å²) in [5.74, 6) is 2.00. The van der Waals surface area contributed by atoms with E-state index in [2.05, 4.69) is 152 Å². The van der Waals surface area contributed by atoms with E-state index in [4.69, 9.17) is 15.0 Å². The molecule has 0 atom stereocenters. The van der Waals surface area contributed by atoms with Crippen molar-refractivity contribution in [2.24, 2.45) is 0 Å². The molecule has 3 heterocycles. The van der Waals surface area contributed by atoms with Crippen LogP contribution in [0.25, 0.3) is 107 Å². The summed E-state index contributed by atoms with van der Waals surface area (Å²) in [7, 11) is 0. The molecular weight excluding hydrogens is 647 g/mol. The van der Waals surface area contributed by atoms with Crippen LogP contribution in [0.5, 0.6) is 0 Å². The minimum Gasteiger partial charge on any atom is -0.208 e. The lowest BCUT2D eigenvalue weighted by atomic mass is 9.93.